The van der Waals surface area contributed by atoms with Gasteiger partial charge in [-0.05, 0) is 12.1 Å². The van der Waals surface area contributed by atoms with Gasteiger partial charge in [0, 0.05) is 29.5 Å². The first-order valence-corrected chi connectivity index (χ1v) is 8.16. The predicted molar refractivity (Wildman–Crippen MR) is 76.1 cm³/mol. The van der Waals surface area contributed by atoms with Crippen molar-refractivity contribution in [3.05, 3.63) is 34.1 Å². The molecule has 0 aliphatic heterocycles. The van der Waals surface area contributed by atoms with Gasteiger partial charge in [0.15, 0.2) is 5.03 Å². The van der Waals surface area contributed by atoms with Gasteiger partial charge in [-0.2, -0.15) is 0 Å². The van der Waals surface area contributed by atoms with Crippen LogP contribution in [0.3, 0.4) is 0 Å². The Morgan fingerprint density at radius 2 is 2.06 bits per heavy atom. The first-order valence-electron chi connectivity index (χ1n) is 5.05. The summed E-state index contributed by atoms with van der Waals surface area (Å²) in [6.45, 7) is 0. The van der Waals surface area contributed by atoms with E-state index in [1.807, 2.05) is 24.3 Å². The molecule has 1 heterocycles. The second kappa shape index (κ2) is 5.08. The lowest BCUT2D eigenvalue weighted by Crippen LogP contribution is -2.22. The minimum absolute atomic E-state index is 0.0903. The van der Waals surface area contributed by atoms with Crippen LogP contribution in [0.5, 0.6) is 0 Å². The van der Waals surface area contributed by atoms with Gasteiger partial charge in [-0.25, -0.2) is 17.7 Å². The van der Waals surface area contributed by atoms with E-state index < -0.39 is 10.0 Å². The molecule has 0 atom stereocenters. The molecule has 18 heavy (non-hydrogen) atoms. The second-order valence-corrected chi connectivity index (χ2v) is 7.66. The smallest absolute Gasteiger partial charge is 0.223 e. The Labute approximate surface area is 118 Å². The van der Waals surface area contributed by atoms with Crippen LogP contribution in [0.15, 0.2) is 39.1 Å². The van der Waals surface area contributed by atoms with Gasteiger partial charge in [-0.3, -0.25) is 0 Å². The van der Waals surface area contributed by atoms with Crippen LogP contribution in [0, 0.1) is 0 Å². The van der Waals surface area contributed by atoms with Crippen molar-refractivity contribution < 1.29 is 8.42 Å². The zero-order valence-corrected chi connectivity index (χ0v) is 13.0. The number of aromatic nitrogens is 1. The van der Waals surface area contributed by atoms with Crippen molar-refractivity contribution in [1.82, 2.24) is 9.29 Å². The Balaban J connectivity index is 2.43. The van der Waals surface area contributed by atoms with Crippen LogP contribution < -0.4 is 0 Å². The minimum atomic E-state index is -3.45. The molecular weight excluding hydrogens is 336 g/mol. The van der Waals surface area contributed by atoms with E-state index in [0.29, 0.717) is 5.01 Å². The zero-order valence-electron chi connectivity index (χ0n) is 9.79. The third kappa shape index (κ3) is 2.64. The number of hydrogen-bond donors (Lipinski definition) is 0. The van der Waals surface area contributed by atoms with Gasteiger partial charge in [0.25, 0.3) is 10.0 Å². The fourth-order valence-corrected chi connectivity index (χ4v) is 3.67. The Morgan fingerprint density at radius 1 is 1.33 bits per heavy atom. The molecule has 0 spiro atoms. The quantitative estimate of drug-likeness (QED) is 0.858. The maximum absolute atomic E-state index is 11.9. The van der Waals surface area contributed by atoms with Gasteiger partial charge < -0.3 is 0 Å². The molecule has 1 aromatic heterocycles. The third-order valence-corrected chi connectivity index (χ3v) is 5.53. The van der Waals surface area contributed by atoms with Crippen LogP contribution in [0.2, 0.25) is 0 Å². The molecule has 96 valence electrons. The standard InChI is InChI=1S/C11H11BrN2O2S2/c1-14(2)18(15,16)10-7-17-11(13-10)8-4-3-5-9(12)6-8/h3-7H,1-2H3. The average Bonchev–Trinajstić information content (AvgIpc) is 2.78. The van der Waals surface area contributed by atoms with Crippen molar-refractivity contribution in [2.75, 3.05) is 14.1 Å². The Hall–Kier alpha value is -0.760. The van der Waals surface area contributed by atoms with Crippen molar-refractivity contribution in [3.8, 4) is 10.6 Å². The van der Waals surface area contributed by atoms with E-state index in [-0.39, 0.29) is 5.03 Å². The van der Waals surface area contributed by atoms with Crippen LogP contribution in [0.4, 0.5) is 0 Å². The van der Waals surface area contributed by atoms with Crippen molar-refractivity contribution in [2.24, 2.45) is 0 Å². The molecule has 2 aromatic rings. The molecule has 0 radical (unpaired) electrons. The molecule has 7 heteroatoms. The molecule has 0 unspecified atom stereocenters. The molecule has 0 N–H and O–H groups in total. The monoisotopic (exact) mass is 346 g/mol. The lowest BCUT2D eigenvalue weighted by Gasteiger charge is -2.07. The Kier molecular flexibility index (Phi) is 3.86. The number of benzene rings is 1. The summed E-state index contributed by atoms with van der Waals surface area (Å²) < 4.78 is 25.9. The number of rotatable bonds is 3. The van der Waals surface area contributed by atoms with E-state index in [1.165, 1.54) is 25.4 Å². The normalized spacial score (nSPS) is 12.0. The van der Waals surface area contributed by atoms with E-state index in [2.05, 4.69) is 20.9 Å². The molecule has 0 saturated carbocycles. The lowest BCUT2D eigenvalue weighted by molar-refractivity contribution is 0.518. The molecule has 0 aliphatic rings. The highest BCUT2D eigenvalue weighted by molar-refractivity contribution is 9.10. The van der Waals surface area contributed by atoms with Crippen LogP contribution in [0.1, 0.15) is 0 Å². The maximum Gasteiger partial charge on any atom is 0.260 e. The Morgan fingerprint density at radius 3 is 2.67 bits per heavy atom. The molecule has 1 aromatic carbocycles. The van der Waals surface area contributed by atoms with Crippen molar-refractivity contribution in [3.63, 3.8) is 0 Å². The molecule has 2 rings (SSSR count). The first-order chi connectivity index (χ1) is 8.41. The summed E-state index contributed by atoms with van der Waals surface area (Å²) in [6.07, 6.45) is 0. The maximum atomic E-state index is 11.9. The molecule has 4 nitrogen and oxygen atoms in total. The van der Waals surface area contributed by atoms with Crippen LogP contribution in [0.25, 0.3) is 10.6 Å². The third-order valence-electron chi connectivity index (χ3n) is 2.30. The van der Waals surface area contributed by atoms with Crippen LogP contribution in [-0.4, -0.2) is 31.8 Å². The number of hydrogen-bond acceptors (Lipinski definition) is 4. The number of halogens is 1. The van der Waals surface area contributed by atoms with Crippen molar-refractivity contribution in [1.29, 1.82) is 0 Å². The van der Waals surface area contributed by atoms with Gasteiger partial charge in [0.1, 0.15) is 5.01 Å². The van der Waals surface area contributed by atoms with Gasteiger partial charge in [0.2, 0.25) is 0 Å². The van der Waals surface area contributed by atoms with E-state index in [4.69, 9.17) is 0 Å². The van der Waals surface area contributed by atoms with Crippen LogP contribution >= 0.6 is 27.3 Å². The highest BCUT2D eigenvalue weighted by Crippen LogP contribution is 2.28. The van der Waals surface area contributed by atoms with Gasteiger partial charge >= 0.3 is 0 Å². The number of nitrogens with zero attached hydrogens (tertiary/aromatic N) is 2. The summed E-state index contributed by atoms with van der Waals surface area (Å²) in [6, 6.07) is 7.61. The highest BCUT2D eigenvalue weighted by Gasteiger charge is 2.21. The fraction of sp³-hybridized carbons (Fsp3) is 0.182. The summed E-state index contributed by atoms with van der Waals surface area (Å²) in [5, 5.41) is 2.34. The molecule has 0 saturated heterocycles. The van der Waals surface area contributed by atoms with E-state index in [9.17, 15) is 8.42 Å². The fourth-order valence-electron chi connectivity index (χ4n) is 1.32. The SMILES string of the molecule is CN(C)S(=O)(=O)c1csc(-c2cccc(Br)c2)n1. The number of thiazole rings is 1. The van der Waals surface area contributed by atoms with Gasteiger partial charge in [0.05, 0.1) is 0 Å². The zero-order chi connectivity index (χ0) is 13.3. The summed E-state index contributed by atoms with van der Waals surface area (Å²) in [5.41, 5.74) is 0.898. The molecule has 0 amide bonds. The topological polar surface area (TPSA) is 50.3 Å². The highest BCUT2D eigenvalue weighted by atomic mass is 79.9. The summed E-state index contributed by atoms with van der Waals surface area (Å²) in [5.74, 6) is 0. The lowest BCUT2D eigenvalue weighted by atomic mass is 10.2. The molecule has 0 bridgehead atoms. The molecule has 0 aliphatic carbocycles. The summed E-state index contributed by atoms with van der Waals surface area (Å²) in [7, 11) is -0.466. The van der Waals surface area contributed by atoms with Crippen molar-refractivity contribution >= 4 is 37.3 Å². The van der Waals surface area contributed by atoms with Gasteiger partial charge in [-0.1, -0.05) is 28.1 Å². The van der Waals surface area contributed by atoms with Gasteiger partial charge in [-0.15, -0.1) is 11.3 Å². The predicted octanol–water partition coefficient (Wildman–Crippen LogP) is 2.82. The minimum Gasteiger partial charge on any atom is -0.223 e. The van der Waals surface area contributed by atoms with Crippen LogP contribution in [-0.2, 0) is 10.0 Å². The van der Waals surface area contributed by atoms with E-state index in [1.54, 1.807) is 5.38 Å². The summed E-state index contributed by atoms with van der Waals surface area (Å²) in [4.78, 5) is 4.18. The second-order valence-electron chi connectivity index (χ2n) is 3.79. The number of sulfonamides is 1. The van der Waals surface area contributed by atoms with E-state index in [0.717, 1.165) is 14.3 Å². The molecular formula is C11H11BrN2O2S2. The largest absolute Gasteiger partial charge is 0.260 e. The van der Waals surface area contributed by atoms with E-state index >= 15 is 0 Å². The molecule has 0 fully saturated rings. The first kappa shape index (κ1) is 13.7. The van der Waals surface area contributed by atoms with Crippen molar-refractivity contribution in [2.45, 2.75) is 5.03 Å². The summed E-state index contributed by atoms with van der Waals surface area (Å²) >= 11 is 4.70. The Bertz CT molecular complexity index is 665. The average molecular weight is 347 g/mol.